The van der Waals surface area contributed by atoms with Crippen LogP contribution >= 0.6 is 11.3 Å². The first kappa shape index (κ1) is 10.1. The first-order valence-corrected chi connectivity index (χ1v) is 6.77. The van der Waals surface area contributed by atoms with E-state index in [1.165, 1.54) is 31.6 Å². The van der Waals surface area contributed by atoms with Crippen LogP contribution in [-0.2, 0) is 19.5 Å². The molecule has 16 heavy (non-hydrogen) atoms. The highest BCUT2D eigenvalue weighted by atomic mass is 32.1. The summed E-state index contributed by atoms with van der Waals surface area (Å²) in [6.07, 6.45) is 1.23. The topological polar surface area (TPSA) is 4.44 Å². The van der Waals surface area contributed by atoms with E-state index >= 15 is 0 Å². The van der Waals surface area contributed by atoms with Crippen LogP contribution in [0.4, 0.5) is 0 Å². The number of quaternary nitrogens is 1. The Bertz CT molecular complexity index is 461. The van der Waals surface area contributed by atoms with Gasteiger partial charge >= 0.3 is 0 Å². The Kier molecular flexibility index (Phi) is 2.77. The smallest absolute Gasteiger partial charge is 0.104 e. The highest BCUT2D eigenvalue weighted by Gasteiger charge is 2.18. The van der Waals surface area contributed by atoms with Gasteiger partial charge in [0.15, 0.2) is 0 Å². The van der Waals surface area contributed by atoms with Crippen LogP contribution in [0.2, 0.25) is 0 Å². The van der Waals surface area contributed by atoms with E-state index in [9.17, 15) is 0 Å². The minimum Gasteiger partial charge on any atom is -0.327 e. The van der Waals surface area contributed by atoms with Crippen molar-refractivity contribution in [3.8, 4) is 0 Å². The van der Waals surface area contributed by atoms with Crippen molar-refractivity contribution in [2.45, 2.75) is 19.5 Å². The van der Waals surface area contributed by atoms with Crippen molar-refractivity contribution in [2.24, 2.45) is 0 Å². The zero-order valence-corrected chi connectivity index (χ0v) is 10.1. The summed E-state index contributed by atoms with van der Waals surface area (Å²) in [4.78, 5) is 1.69. The molecule has 0 saturated heterocycles. The maximum atomic E-state index is 2.28. The normalized spacial score (nSPS) is 19.4. The third kappa shape index (κ3) is 2.04. The molecule has 1 unspecified atom stereocenters. The monoisotopic (exact) mass is 230 g/mol. The number of benzene rings is 1. The van der Waals surface area contributed by atoms with E-state index in [-0.39, 0.29) is 0 Å². The van der Waals surface area contributed by atoms with Crippen molar-refractivity contribution in [3.05, 3.63) is 57.8 Å². The SMILES string of the molecule is c1ccc2c(c1)CC[NH+](Cc1ccsc1)C2. The predicted octanol–water partition coefficient (Wildman–Crippen LogP) is 1.89. The molecule has 2 heterocycles. The van der Waals surface area contributed by atoms with Crippen molar-refractivity contribution in [1.29, 1.82) is 0 Å². The first-order chi connectivity index (χ1) is 7.92. The second kappa shape index (κ2) is 4.40. The van der Waals surface area contributed by atoms with Crippen LogP contribution in [0.1, 0.15) is 16.7 Å². The summed E-state index contributed by atoms with van der Waals surface area (Å²) in [7, 11) is 0. The van der Waals surface area contributed by atoms with Crippen molar-refractivity contribution in [2.75, 3.05) is 6.54 Å². The Hall–Kier alpha value is -1.12. The van der Waals surface area contributed by atoms with E-state index in [0.29, 0.717) is 0 Å². The molecule has 1 nitrogen and oxygen atoms in total. The summed E-state index contributed by atoms with van der Waals surface area (Å²) >= 11 is 1.80. The van der Waals surface area contributed by atoms with Gasteiger partial charge in [0.1, 0.15) is 13.1 Å². The van der Waals surface area contributed by atoms with E-state index in [4.69, 9.17) is 0 Å². The van der Waals surface area contributed by atoms with Gasteiger partial charge in [-0.25, -0.2) is 0 Å². The van der Waals surface area contributed by atoms with Crippen LogP contribution in [0.3, 0.4) is 0 Å². The summed E-state index contributed by atoms with van der Waals surface area (Å²) in [5.41, 5.74) is 4.58. The molecular weight excluding hydrogens is 214 g/mol. The molecule has 1 aromatic carbocycles. The largest absolute Gasteiger partial charge is 0.327 e. The van der Waals surface area contributed by atoms with Gasteiger partial charge in [0.2, 0.25) is 0 Å². The Morgan fingerprint density at radius 3 is 2.81 bits per heavy atom. The van der Waals surface area contributed by atoms with Crippen molar-refractivity contribution >= 4 is 11.3 Å². The highest BCUT2D eigenvalue weighted by molar-refractivity contribution is 7.07. The molecule has 1 N–H and O–H groups in total. The van der Waals surface area contributed by atoms with Crippen molar-refractivity contribution in [3.63, 3.8) is 0 Å². The molecule has 0 fully saturated rings. The average Bonchev–Trinajstić information content (AvgIpc) is 2.82. The molecule has 0 radical (unpaired) electrons. The molecule has 82 valence electrons. The molecular formula is C14H16NS+. The Morgan fingerprint density at radius 1 is 1.12 bits per heavy atom. The van der Waals surface area contributed by atoms with E-state index < -0.39 is 0 Å². The zero-order chi connectivity index (χ0) is 10.8. The fourth-order valence-corrected chi connectivity index (χ4v) is 3.14. The lowest BCUT2D eigenvalue weighted by molar-refractivity contribution is -0.929. The average molecular weight is 230 g/mol. The molecule has 0 aliphatic carbocycles. The number of hydrogen-bond acceptors (Lipinski definition) is 1. The molecule has 0 saturated carbocycles. The molecule has 2 aromatic rings. The van der Waals surface area contributed by atoms with Gasteiger partial charge < -0.3 is 4.90 Å². The van der Waals surface area contributed by atoms with Crippen LogP contribution < -0.4 is 4.90 Å². The van der Waals surface area contributed by atoms with Crippen LogP contribution in [0.25, 0.3) is 0 Å². The fourth-order valence-electron chi connectivity index (χ4n) is 2.48. The molecule has 0 spiro atoms. The fraction of sp³-hybridized carbons (Fsp3) is 0.286. The molecule has 0 bridgehead atoms. The molecule has 1 atom stereocenters. The third-order valence-electron chi connectivity index (χ3n) is 3.34. The quantitative estimate of drug-likeness (QED) is 0.803. The summed E-state index contributed by atoms with van der Waals surface area (Å²) in [5.74, 6) is 0. The standard InChI is InChI=1S/C14H15NS/c1-2-4-14-10-15(7-5-13(14)3-1)9-12-6-8-16-11-12/h1-4,6,8,11H,5,7,9-10H2/p+1. The van der Waals surface area contributed by atoms with Crippen LogP contribution in [-0.4, -0.2) is 6.54 Å². The number of nitrogens with one attached hydrogen (secondary N) is 1. The van der Waals surface area contributed by atoms with Crippen molar-refractivity contribution in [1.82, 2.24) is 0 Å². The van der Waals surface area contributed by atoms with Gasteiger partial charge in [-0.1, -0.05) is 24.3 Å². The predicted molar refractivity (Wildman–Crippen MR) is 67.7 cm³/mol. The molecule has 2 heteroatoms. The van der Waals surface area contributed by atoms with Crippen LogP contribution in [0.5, 0.6) is 0 Å². The number of hydrogen-bond donors (Lipinski definition) is 1. The zero-order valence-electron chi connectivity index (χ0n) is 9.28. The molecule has 3 rings (SSSR count). The molecule has 1 aliphatic heterocycles. The lowest BCUT2D eigenvalue weighted by Crippen LogP contribution is -3.10. The van der Waals surface area contributed by atoms with Gasteiger partial charge in [0, 0.05) is 17.5 Å². The summed E-state index contributed by atoms with van der Waals surface area (Å²) in [6.45, 7) is 3.64. The second-order valence-corrected chi connectivity index (χ2v) is 5.28. The maximum absolute atomic E-state index is 2.28. The summed E-state index contributed by atoms with van der Waals surface area (Å²) < 4.78 is 0. The van der Waals surface area contributed by atoms with E-state index in [0.717, 1.165) is 0 Å². The van der Waals surface area contributed by atoms with Gasteiger partial charge in [-0.3, -0.25) is 0 Å². The van der Waals surface area contributed by atoms with Crippen LogP contribution in [0.15, 0.2) is 41.1 Å². The summed E-state index contributed by atoms with van der Waals surface area (Å²) in [6, 6.07) is 11.1. The van der Waals surface area contributed by atoms with Gasteiger partial charge in [0.05, 0.1) is 6.54 Å². The van der Waals surface area contributed by atoms with E-state index in [1.54, 1.807) is 27.4 Å². The molecule has 1 aromatic heterocycles. The van der Waals surface area contributed by atoms with Gasteiger partial charge in [-0.2, -0.15) is 11.3 Å². The minimum absolute atomic E-state index is 1.18. The number of thiophene rings is 1. The Balaban J connectivity index is 1.73. The second-order valence-electron chi connectivity index (χ2n) is 4.50. The molecule has 0 amide bonds. The lowest BCUT2D eigenvalue weighted by atomic mass is 10.00. The van der Waals surface area contributed by atoms with E-state index in [1.807, 2.05) is 0 Å². The Labute approximate surface area is 100 Å². The number of rotatable bonds is 2. The van der Waals surface area contributed by atoms with Gasteiger partial charge in [-0.05, 0) is 22.4 Å². The molecule has 1 aliphatic rings. The van der Waals surface area contributed by atoms with Gasteiger partial charge in [0.25, 0.3) is 0 Å². The highest BCUT2D eigenvalue weighted by Crippen LogP contribution is 2.11. The van der Waals surface area contributed by atoms with Crippen LogP contribution in [0, 0.1) is 0 Å². The maximum Gasteiger partial charge on any atom is 0.104 e. The first-order valence-electron chi connectivity index (χ1n) is 5.83. The van der Waals surface area contributed by atoms with Crippen molar-refractivity contribution < 1.29 is 4.90 Å². The summed E-state index contributed by atoms with van der Waals surface area (Å²) in [5, 5.41) is 4.44. The number of fused-ring (bicyclic) bond motifs is 1. The van der Waals surface area contributed by atoms with E-state index in [2.05, 4.69) is 41.1 Å². The lowest BCUT2D eigenvalue weighted by Gasteiger charge is -2.25. The Morgan fingerprint density at radius 2 is 2.00 bits per heavy atom. The van der Waals surface area contributed by atoms with Gasteiger partial charge in [-0.15, -0.1) is 0 Å². The third-order valence-corrected chi connectivity index (χ3v) is 4.07. The minimum atomic E-state index is 1.18.